The van der Waals surface area contributed by atoms with Crippen LogP contribution in [0.3, 0.4) is 0 Å². The molecule has 140 valence electrons. The topological polar surface area (TPSA) is 9.23 Å². The van der Waals surface area contributed by atoms with Gasteiger partial charge in [-0.3, -0.25) is 0 Å². The highest BCUT2D eigenvalue weighted by atomic mass is 16.5. The number of hydrogen-bond acceptors (Lipinski definition) is 1. The van der Waals surface area contributed by atoms with Crippen LogP contribution in [-0.2, 0) is 4.74 Å². The van der Waals surface area contributed by atoms with Crippen molar-refractivity contribution in [2.45, 2.75) is 103 Å². The molecule has 0 bridgehead atoms. The van der Waals surface area contributed by atoms with Crippen LogP contribution in [0.1, 0.15) is 91.9 Å². The second kappa shape index (κ2) is 9.57. The summed E-state index contributed by atoms with van der Waals surface area (Å²) in [6.07, 6.45) is 25.6. The Labute approximate surface area is 155 Å². The maximum Gasteiger partial charge on any atom is 0.0911 e. The average Bonchev–Trinajstić information content (AvgIpc) is 2.60. The van der Waals surface area contributed by atoms with Gasteiger partial charge in [-0.15, -0.1) is 0 Å². The van der Waals surface area contributed by atoms with Gasteiger partial charge in [0.15, 0.2) is 0 Å². The van der Waals surface area contributed by atoms with Gasteiger partial charge >= 0.3 is 0 Å². The molecule has 0 aromatic carbocycles. The fourth-order valence-electron chi connectivity index (χ4n) is 4.22. The molecule has 0 aromatic rings. The Kier molecular flexibility index (Phi) is 7.75. The van der Waals surface area contributed by atoms with Gasteiger partial charge in [-0.1, -0.05) is 101 Å². The predicted molar refractivity (Wildman–Crippen MR) is 110 cm³/mol. The zero-order valence-corrected chi connectivity index (χ0v) is 16.9. The molecule has 2 rings (SSSR count). The minimum absolute atomic E-state index is 0.123. The van der Waals surface area contributed by atoms with Gasteiger partial charge in [0, 0.05) is 0 Å². The van der Waals surface area contributed by atoms with Gasteiger partial charge in [-0.2, -0.15) is 0 Å². The molecule has 0 radical (unpaired) electrons. The van der Waals surface area contributed by atoms with E-state index in [1.165, 1.54) is 36.8 Å². The summed E-state index contributed by atoms with van der Waals surface area (Å²) in [4.78, 5) is 0. The lowest BCUT2D eigenvalue weighted by atomic mass is 9.82. The van der Waals surface area contributed by atoms with Crippen LogP contribution in [0.15, 0.2) is 47.6 Å². The normalized spacial score (nSPS) is 28.8. The minimum atomic E-state index is -0.123. The second-order valence-electron chi connectivity index (χ2n) is 7.86. The highest BCUT2D eigenvalue weighted by Gasteiger charge is 2.39. The first-order chi connectivity index (χ1) is 12.1. The van der Waals surface area contributed by atoms with E-state index < -0.39 is 0 Å². The van der Waals surface area contributed by atoms with Crippen molar-refractivity contribution in [3.05, 3.63) is 47.6 Å². The Bertz CT molecular complexity index is 488. The number of allylic oxidation sites excluding steroid dienone is 4. The van der Waals surface area contributed by atoms with E-state index in [0.717, 1.165) is 38.5 Å². The van der Waals surface area contributed by atoms with E-state index in [1.54, 1.807) is 0 Å². The fraction of sp³-hybridized carbons (Fsp3) is 0.667. The van der Waals surface area contributed by atoms with Gasteiger partial charge in [-0.05, 0) is 38.5 Å². The highest BCUT2D eigenvalue weighted by Crippen LogP contribution is 2.40. The van der Waals surface area contributed by atoms with E-state index in [1.807, 2.05) is 0 Å². The van der Waals surface area contributed by atoms with Crippen LogP contribution < -0.4 is 0 Å². The Balaban J connectivity index is 2.16. The summed E-state index contributed by atoms with van der Waals surface area (Å²) in [6, 6.07) is 0. The number of hydrogen-bond donors (Lipinski definition) is 0. The van der Waals surface area contributed by atoms with Gasteiger partial charge in [0.05, 0.1) is 11.2 Å². The SMILES string of the molecule is CCCC1=CCC(CCC)(OC2(CCC)C=CC(CCC)=CC2)C=C1. The predicted octanol–water partition coefficient (Wildman–Crippen LogP) is 7.45. The molecule has 2 aliphatic rings. The molecule has 0 spiro atoms. The standard InChI is InChI=1S/C24H38O/c1-5-9-21-11-17-23(15-7-3,18-12-21)25-24(16-8-4)19-13-22(10-6-2)14-20-24/h11-14,17,19H,5-10,15-16,18,20H2,1-4H3. The van der Waals surface area contributed by atoms with E-state index in [0.29, 0.717) is 0 Å². The second-order valence-corrected chi connectivity index (χ2v) is 7.86. The molecule has 2 atom stereocenters. The maximum absolute atomic E-state index is 6.98. The first-order valence-corrected chi connectivity index (χ1v) is 10.6. The van der Waals surface area contributed by atoms with Crippen molar-refractivity contribution in [2.75, 3.05) is 0 Å². The zero-order valence-electron chi connectivity index (χ0n) is 16.9. The first kappa shape index (κ1) is 20.2. The third-order valence-corrected chi connectivity index (χ3v) is 5.45. The Hall–Kier alpha value is -1.08. The lowest BCUT2D eigenvalue weighted by Gasteiger charge is -2.43. The van der Waals surface area contributed by atoms with Crippen LogP contribution in [0, 0.1) is 0 Å². The quantitative estimate of drug-likeness (QED) is 0.400. The summed E-state index contributed by atoms with van der Waals surface area (Å²) in [5.74, 6) is 0. The summed E-state index contributed by atoms with van der Waals surface area (Å²) in [5, 5.41) is 0. The molecule has 0 saturated heterocycles. The molecule has 0 N–H and O–H groups in total. The molecule has 1 heteroatoms. The first-order valence-electron chi connectivity index (χ1n) is 10.6. The van der Waals surface area contributed by atoms with Gasteiger partial charge in [0.1, 0.15) is 0 Å². The van der Waals surface area contributed by atoms with Crippen LogP contribution in [-0.4, -0.2) is 11.2 Å². The largest absolute Gasteiger partial charge is 0.360 e. The Morgan fingerprint density at radius 2 is 1.16 bits per heavy atom. The maximum atomic E-state index is 6.98. The van der Waals surface area contributed by atoms with Gasteiger partial charge in [0.2, 0.25) is 0 Å². The zero-order chi connectivity index (χ0) is 18.2. The van der Waals surface area contributed by atoms with Crippen molar-refractivity contribution in [3.8, 4) is 0 Å². The van der Waals surface area contributed by atoms with Crippen molar-refractivity contribution >= 4 is 0 Å². The van der Waals surface area contributed by atoms with E-state index in [4.69, 9.17) is 4.74 Å². The van der Waals surface area contributed by atoms with Gasteiger partial charge in [-0.25, -0.2) is 0 Å². The van der Waals surface area contributed by atoms with Crippen molar-refractivity contribution in [2.24, 2.45) is 0 Å². The van der Waals surface area contributed by atoms with Gasteiger partial charge < -0.3 is 4.74 Å². The monoisotopic (exact) mass is 342 g/mol. The molecule has 0 aromatic heterocycles. The average molecular weight is 343 g/mol. The molecule has 0 amide bonds. The van der Waals surface area contributed by atoms with E-state index >= 15 is 0 Å². The molecule has 0 heterocycles. The summed E-state index contributed by atoms with van der Waals surface area (Å²) in [5.41, 5.74) is 2.71. The summed E-state index contributed by atoms with van der Waals surface area (Å²) in [7, 11) is 0. The third kappa shape index (κ3) is 5.45. The van der Waals surface area contributed by atoms with Gasteiger partial charge in [0.25, 0.3) is 0 Å². The molecule has 0 aliphatic heterocycles. The lowest BCUT2D eigenvalue weighted by molar-refractivity contribution is -0.114. The van der Waals surface area contributed by atoms with Crippen molar-refractivity contribution in [3.63, 3.8) is 0 Å². The van der Waals surface area contributed by atoms with E-state index in [-0.39, 0.29) is 11.2 Å². The molecule has 25 heavy (non-hydrogen) atoms. The van der Waals surface area contributed by atoms with Crippen LogP contribution in [0.5, 0.6) is 0 Å². The molecule has 0 saturated carbocycles. The fourth-order valence-corrected chi connectivity index (χ4v) is 4.22. The number of rotatable bonds is 10. The lowest BCUT2D eigenvalue weighted by Crippen LogP contribution is -2.43. The minimum Gasteiger partial charge on any atom is -0.360 e. The summed E-state index contributed by atoms with van der Waals surface area (Å²) < 4.78 is 6.98. The molecular weight excluding hydrogens is 304 g/mol. The van der Waals surface area contributed by atoms with Crippen molar-refractivity contribution < 1.29 is 4.74 Å². The molecule has 1 nitrogen and oxygen atoms in total. The molecule has 0 fully saturated rings. The van der Waals surface area contributed by atoms with Crippen LogP contribution in [0.4, 0.5) is 0 Å². The van der Waals surface area contributed by atoms with Crippen molar-refractivity contribution in [1.29, 1.82) is 0 Å². The third-order valence-electron chi connectivity index (χ3n) is 5.45. The van der Waals surface area contributed by atoms with Crippen molar-refractivity contribution in [1.82, 2.24) is 0 Å². The van der Waals surface area contributed by atoms with Crippen LogP contribution in [0.25, 0.3) is 0 Å². The Morgan fingerprint density at radius 3 is 1.44 bits per heavy atom. The summed E-state index contributed by atoms with van der Waals surface area (Å²) >= 11 is 0. The summed E-state index contributed by atoms with van der Waals surface area (Å²) in [6.45, 7) is 9.05. The molecule has 2 unspecified atom stereocenters. The van der Waals surface area contributed by atoms with E-state index in [9.17, 15) is 0 Å². The molecular formula is C24H38O. The van der Waals surface area contributed by atoms with Crippen LogP contribution in [0.2, 0.25) is 0 Å². The number of ether oxygens (including phenoxy) is 1. The Morgan fingerprint density at radius 1 is 0.720 bits per heavy atom. The highest BCUT2D eigenvalue weighted by molar-refractivity contribution is 5.31. The molecule has 2 aliphatic carbocycles. The van der Waals surface area contributed by atoms with Crippen LogP contribution >= 0.6 is 0 Å². The van der Waals surface area contributed by atoms with E-state index in [2.05, 4.69) is 64.2 Å². The smallest absolute Gasteiger partial charge is 0.0911 e.